The fraction of sp³-hybridized carbons (Fsp3) is 0.346. The number of nitrogens with zero attached hydrogens (tertiary/aromatic N) is 4. The second-order valence-corrected chi connectivity index (χ2v) is 8.77. The second-order valence-electron chi connectivity index (χ2n) is 8.77. The number of fused-ring (bicyclic) bond motifs is 1. The Bertz CT molecular complexity index is 1330. The molecule has 0 bridgehead atoms. The highest BCUT2D eigenvalue weighted by Crippen LogP contribution is 2.13. The molecule has 0 saturated carbocycles. The SMILES string of the molecule is Cc1ccc(OCCn2c(=O)c3c(ncn3CCC(C)C)n(Cc3ccccc3)c2=O)cc1. The molecule has 0 N–H and O–H groups in total. The van der Waals surface area contributed by atoms with Gasteiger partial charge in [0, 0.05) is 6.54 Å². The van der Waals surface area contributed by atoms with Crippen LogP contribution in [0.3, 0.4) is 0 Å². The average molecular weight is 447 g/mol. The van der Waals surface area contributed by atoms with Crippen molar-refractivity contribution in [3.63, 3.8) is 0 Å². The molecule has 0 unspecified atom stereocenters. The van der Waals surface area contributed by atoms with Gasteiger partial charge in [0.2, 0.25) is 0 Å². The number of imidazole rings is 1. The summed E-state index contributed by atoms with van der Waals surface area (Å²) in [7, 11) is 0. The van der Waals surface area contributed by atoms with Crippen molar-refractivity contribution in [3.05, 3.63) is 92.9 Å². The van der Waals surface area contributed by atoms with Gasteiger partial charge in [-0.3, -0.25) is 13.9 Å². The number of aromatic nitrogens is 4. The van der Waals surface area contributed by atoms with Gasteiger partial charge >= 0.3 is 5.69 Å². The van der Waals surface area contributed by atoms with E-state index in [0.29, 0.717) is 35.9 Å². The van der Waals surface area contributed by atoms with Crippen molar-refractivity contribution in [3.8, 4) is 5.75 Å². The van der Waals surface area contributed by atoms with Crippen LogP contribution in [0.25, 0.3) is 11.2 Å². The van der Waals surface area contributed by atoms with E-state index in [4.69, 9.17) is 4.74 Å². The van der Waals surface area contributed by atoms with Crippen LogP contribution in [0, 0.1) is 12.8 Å². The zero-order chi connectivity index (χ0) is 23.4. The molecule has 2 aromatic heterocycles. The van der Waals surface area contributed by atoms with Crippen molar-refractivity contribution < 1.29 is 4.74 Å². The molecule has 0 aliphatic carbocycles. The molecule has 0 aliphatic heterocycles. The van der Waals surface area contributed by atoms with Crippen LogP contribution in [0.4, 0.5) is 0 Å². The monoisotopic (exact) mass is 446 g/mol. The summed E-state index contributed by atoms with van der Waals surface area (Å²) in [5, 5.41) is 0. The van der Waals surface area contributed by atoms with Crippen molar-refractivity contribution in [1.29, 1.82) is 0 Å². The summed E-state index contributed by atoms with van der Waals surface area (Å²) >= 11 is 0. The van der Waals surface area contributed by atoms with E-state index in [2.05, 4.69) is 18.8 Å². The minimum absolute atomic E-state index is 0.158. The molecule has 4 rings (SSSR count). The maximum atomic E-state index is 13.4. The molecule has 2 heterocycles. The predicted molar refractivity (Wildman–Crippen MR) is 130 cm³/mol. The third-order valence-corrected chi connectivity index (χ3v) is 5.72. The van der Waals surface area contributed by atoms with Crippen molar-refractivity contribution >= 4 is 11.2 Å². The summed E-state index contributed by atoms with van der Waals surface area (Å²) in [6.45, 7) is 7.69. The third-order valence-electron chi connectivity index (χ3n) is 5.72. The molecule has 4 aromatic rings. The molecular weight excluding hydrogens is 416 g/mol. The largest absolute Gasteiger partial charge is 0.492 e. The van der Waals surface area contributed by atoms with Crippen molar-refractivity contribution in [1.82, 2.24) is 18.7 Å². The molecule has 172 valence electrons. The summed E-state index contributed by atoms with van der Waals surface area (Å²) < 4.78 is 10.5. The molecule has 33 heavy (non-hydrogen) atoms. The van der Waals surface area contributed by atoms with Crippen LogP contribution in [-0.4, -0.2) is 25.3 Å². The fourth-order valence-electron chi connectivity index (χ4n) is 3.80. The lowest BCUT2D eigenvalue weighted by Gasteiger charge is -2.14. The number of benzene rings is 2. The standard InChI is InChI=1S/C26H30N4O3/c1-19(2)13-14-28-18-27-24-23(28)25(31)29(15-16-33-22-11-9-20(3)10-12-22)26(32)30(24)17-21-7-5-4-6-8-21/h4-12,18-19H,13-17H2,1-3H3. The molecule has 0 radical (unpaired) electrons. The van der Waals surface area contributed by atoms with E-state index < -0.39 is 0 Å². The van der Waals surface area contributed by atoms with Gasteiger partial charge in [-0.05, 0) is 37.0 Å². The van der Waals surface area contributed by atoms with Gasteiger partial charge in [-0.2, -0.15) is 0 Å². The lowest BCUT2D eigenvalue weighted by molar-refractivity contribution is 0.292. The lowest BCUT2D eigenvalue weighted by atomic mass is 10.1. The molecule has 0 fully saturated rings. The van der Waals surface area contributed by atoms with Gasteiger partial charge < -0.3 is 9.30 Å². The molecule has 0 saturated heterocycles. The molecule has 0 atom stereocenters. The van der Waals surface area contributed by atoms with Crippen LogP contribution in [-0.2, 0) is 19.6 Å². The number of hydrogen-bond acceptors (Lipinski definition) is 4. The third kappa shape index (κ3) is 5.08. The summed E-state index contributed by atoms with van der Waals surface area (Å²) in [6, 6.07) is 17.4. The first-order valence-corrected chi connectivity index (χ1v) is 11.4. The van der Waals surface area contributed by atoms with Crippen molar-refractivity contribution in [2.45, 2.75) is 46.8 Å². The van der Waals surface area contributed by atoms with E-state index in [1.165, 1.54) is 4.57 Å². The smallest absolute Gasteiger partial charge is 0.333 e. The van der Waals surface area contributed by atoms with Gasteiger partial charge in [0.1, 0.15) is 12.4 Å². The van der Waals surface area contributed by atoms with E-state index >= 15 is 0 Å². The Balaban J connectivity index is 1.72. The Morgan fingerprint density at radius 2 is 1.67 bits per heavy atom. The van der Waals surface area contributed by atoms with E-state index in [0.717, 1.165) is 17.5 Å². The second kappa shape index (κ2) is 9.90. The summed E-state index contributed by atoms with van der Waals surface area (Å²) in [5.74, 6) is 1.20. The topological polar surface area (TPSA) is 71.1 Å². The van der Waals surface area contributed by atoms with Crippen molar-refractivity contribution in [2.75, 3.05) is 6.61 Å². The highest BCUT2D eigenvalue weighted by molar-refractivity contribution is 5.70. The quantitative estimate of drug-likeness (QED) is 0.392. The summed E-state index contributed by atoms with van der Waals surface area (Å²) in [6.07, 6.45) is 2.59. The Hall–Kier alpha value is -3.61. The van der Waals surface area contributed by atoms with Gasteiger partial charge in [0.05, 0.1) is 19.4 Å². The zero-order valence-corrected chi connectivity index (χ0v) is 19.4. The maximum absolute atomic E-state index is 13.4. The highest BCUT2D eigenvalue weighted by Gasteiger charge is 2.18. The fourth-order valence-corrected chi connectivity index (χ4v) is 3.80. The summed E-state index contributed by atoms with van der Waals surface area (Å²) in [5.41, 5.74) is 2.29. The first-order chi connectivity index (χ1) is 15.9. The number of rotatable bonds is 9. The van der Waals surface area contributed by atoms with Gasteiger partial charge in [0.15, 0.2) is 11.2 Å². The zero-order valence-electron chi connectivity index (χ0n) is 19.4. The van der Waals surface area contributed by atoms with Gasteiger partial charge in [-0.15, -0.1) is 0 Å². The van der Waals surface area contributed by atoms with Crippen molar-refractivity contribution in [2.24, 2.45) is 5.92 Å². The normalized spacial score (nSPS) is 11.4. The molecular formula is C26H30N4O3. The average Bonchev–Trinajstić information content (AvgIpc) is 3.23. The van der Waals surface area contributed by atoms with Crippen LogP contribution >= 0.6 is 0 Å². The van der Waals surface area contributed by atoms with Crippen LogP contribution in [0.1, 0.15) is 31.4 Å². The van der Waals surface area contributed by atoms with Gasteiger partial charge in [-0.1, -0.05) is 61.9 Å². The first kappa shape index (κ1) is 22.6. The first-order valence-electron chi connectivity index (χ1n) is 11.4. The van der Waals surface area contributed by atoms with Gasteiger partial charge in [0.25, 0.3) is 5.56 Å². The van der Waals surface area contributed by atoms with Crippen LogP contribution in [0.5, 0.6) is 5.75 Å². The Morgan fingerprint density at radius 3 is 2.36 bits per heavy atom. The molecule has 0 amide bonds. The van der Waals surface area contributed by atoms with Gasteiger partial charge in [-0.25, -0.2) is 9.78 Å². The highest BCUT2D eigenvalue weighted by atomic mass is 16.5. The maximum Gasteiger partial charge on any atom is 0.333 e. The number of aryl methyl sites for hydroxylation is 2. The summed E-state index contributed by atoms with van der Waals surface area (Å²) in [4.78, 5) is 31.3. The van der Waals surface area contributed by atoms with Crippen LogP contribution < -0.4 is 16.0 Å². The molecule has 0 aliphatic rings. The predicted octanol–water partition coefficient (Wildman–Crippen LogP) is 3.84. The minimum atomic E-state index is -0.377. The lowest BCUT2D eigenvalue weighted by Crippen LogP contribution is -2.42. The minimum Gasteiger partial charge on any atom is -0.492 e. The Kier molecular flexibility index (Phi) is 6.77. The van der Waals surface area contributed by atoms with E-state index in [1.807, 2.05) is 66.1 Å². The molecule has 0 spiro atoms. The Labute approximate surface area is 192 Å². The Morgan fingerprint density at radius 1 is 0.939 bits per heavy atom. The molecule has 2 aromatic carbocycles. The van der Waals surface area contributed by atoms with Crippen LogP contribution in [0.15, 0.2) is 70.5 Å². The van der Waals surface area contributed by atoms with E-state index in [9.17, 15) is 9.59 Å². The van der Waals surface area contributed by atoms with E-state index in [1.54, 1.807) is 10.9 Å². The van der Waals surface area contributed by atoms with E-state index in [-0.39, 0.29) is 24.4 Å². The number of hydrogen-bond donors (Lipinski definition) is 0. The molecule has 7 nitrogen and oxygen atoms in total. The molecule has 7 heteroatoms. The number of ether oxygens (including phenoxy) is 1. The van der Waals surface area contributed by atoms with Crippen LogP contribution in [0.2, 0.25) is 0 Å².